The number of nitrogens with zero attached hydrogens (tertiary/aromatic N) is 2. The van der Waals surface area contributed by atoms with E-state index in [2.05, 4.69) is 74.2 Å². The van der Waals surface area contributed by atoms with Gasteiger partial charge in [0.25, 0.3) is 0 Å². The fourth-order valence-corrected chi connectivity index (χ4v) is 8.31. The molecule has 174 valence electrons. The van der Waals surface area contributed by atoms with E-state index in [1.165, 1.54) is 47.6 Å². The third kappa shape index (κ3) is 2.91. The van der Waals surface area contributed by atoms with Crippen LogP contribution in [-0.4, -0.2) is 40.7 Å². The highest BCUT2D eigenvalue weighted by molar-refractivity contribution is 5.87. The summed E-state index contributed by atoms with van der Waals surface area (Å²) >= 11 is 0. The first-order valence-corrected chi connectivity index (χ1v) is 12.9. The zero-order valence-corrected chi connectivity index (χ0v) is 20.6. The van der Waals surface area contributed by atoms with Crippen LogP contribution >= 0.6 is 0 Å². The second kappa shape index (κ2) is 7.26. The Balaban J connectivity index is 1.35. The fourth-order valence-electron chi connectivity index (χ4n) is 8.31. The first-order chi connectivity index (χ1) is 15.8. The van der Waals surface area contributed by atoms with Crippen molar-refractivity contribution < 1.29 is 5.11 Å². The van der Waals surface area contributed by atoms with Gasteiger partial charge in [0.1, 0.15) is 0 Å². The van der Waals surface area contributed by atoms with E-state index in [1.54, 1.807) is 5.57 Å². The van der Waals surface area contributed by atoms with Crippen molar-refractivity contribution in [1.82, 2.24) is 9.88 Å². The Bertz CT molecular complexity index is 1160. The quantitative estimate of drug-likeness (QED) is 0.560. The van der Waals surface area contributed by atoms with Crippen LogP contribution in [-0.2, 0) is 0 Å². The van der Waals surface area contributed by atoms with E-state index in [9.17, 15) is 5.11 Å². The maximum atomic E-state index is 12.5. The molecule has 0 aliphatic heterocycles. The molecule has 1 unspecified atom stereocenters. The summed E-state index contributed by atoms with van der Waals surface area (Å²) in [6.45, 7) is 4.87. The minimum absolute atomic E-state index is 0.188. The lowest BCUT2D eigenvalue weighted by Gasteiger charge is -2.61. The van der Waals surface area contributed by atoms with Gasteiger partial charge in [0.15, 0.2) is 0 Å². The van der Waals surface area contributed by atoms with Gasteiger partial charge in [0, 0.05) is 29.2 Å². The first-order valence-electron chi connectivity index (χ1n) is 12.9. The molecule has 3 heteroatoms. The number of rotatable bonds is 2. The predicted octanol–water partition coefficient (Wildman–Crippen LogP) is 6.24. The second-order valence-corrected chi connectivity index (χ2v) is 12.0. The molecular weight excluding hydrogens is 404 g/mol. The minimum Gasteiger partial charge on any atom is -0.388 e. The maximum absolute atomic E-state index is 12.5. The molecule has 4 aliphatic carbocycles. The third-order valence-electron chi connectivity index (χ3n) is 10.5. The smallest absolute Gasteiger partial charge is 0.0809 e. The van der Waals surface area contributed by atoms with Crippen molar-refractivity contribution in [1.29, 1.82) is 0 Å². The molecule has 0 bridgehead atoms. The molecule has 1 aromatic heterocycles. The summed E-state index contributed by atoms with van der Waals surface area (Å²) in [5.74, 6) is 0.934. The van der Waals surface area contributed by atoms with E-state index in [0.717, 1.165) is 19.3 Å². The Morgan fingerprint density at radius 1 is 1.00 bits per heavy atom. The van der Waals surface area contributed by atoms with E-state index < -0.39 is 5.60 Å². The number of aliphatic hydroxyl groups is 1. The molecule has 1 N–H and O–H groups in total. The maximum Gasteiger partial charge on any atom is 0.0809 e. The highest BCUT2D eigenvalue weighted by Gasteiger charge is 2.64. The molecule has 33 heavy (non-hydrogen) atoms. The van der Waals surface area contributed by atoms with E-state index in [0.29, 0.717) is 17.9 Å². The van der Waals surface area contributed by atoms with Crippen LogP contribution in [0.1, 0.15) is 64.4 Å². The van der Waals surface area contributed by atoms with Gasteiger partial charge in [0.2, 0.25) is 0 Å². The molecule has 2 saturated carbocycles. The van der Waals surface area contributed by atoms with Crippen molar-refractivity contribution in [3.63, 3.8) is 0 Å². The summed E-state index contributed by atoms with van der Waals surface area (Å²) < 4.78 is 0. The molecule has 0 amide bonds. The summed E-state index contributed by atoms with van der Waals surface area (Å²) in [6.07, 6.45) is 16.6. The van der Waals surface area contributed by atoms with Gasteiger partial charge >= 0.3 is 0 Å². The molecule has 1 aromatic carbocycles. The lowest BCUT2D eigenvalue weighted by molar-refractivity contribution is -0.155. The van der Waals surface area contributed by atoms with Crippen molar-refractivity contribution in [3.05, 3.63) is 59.9 Å². The third-order valence-corrected chi connectivity index (χ3v) is 10.5. The van der Waals surface area contributed by atoms with Crippen molar-refractivity contribution in [2.24, 2.45) is 22.7 Å². The molecule has 6 rings (SSSR count). The summed E-state index contributed by atoms with van der Waals surface area (Å²) in [5.41, 5.74) is 3.70. The summed E-state index contributed by atoms with van der Waals surface area (Å²) in [4.78, 5) is 6.74. The standard InChI is InChI=1S/C30H38N2O/c1-28-13-9-24(32(3)4)18-23(28)7-8-27-26(28)10-14-29(2)25(11-15-30(27,29)33)21-6-5-20-12-16-31-19-22(20)17-21/h5-7,11-12,16-17,19,24,26-27,33H,8-10,13-15,18H2,1-4H3/t24-,26?,27+,28-,29+,30+/m0/s1. The number of benzene rings is 1. The molecule has 3 nitrogen and oxygen atoms in total. The zero-order chi connectivity index (χ0) is 23.0. The Hall–Kier alpha value is -1.97. The van der Waals surface area contributed by atoms with Crippen LogP contribution in [0.5, 0.6) is 0 Å². The van der Waals surface area contributed by atoms with Crippen LogP contribution in [0.3, 0.4) is 0 Å². The number of hydrogen-bond donors (Lipinski definition) is 1. The molecular formula is C30H38N2O. The number of fused-ring (bicyclic) bond motifs is 6. The summed E-state index contributed by atoms with van der Waals surface area (Å²) in [6, 6.07) is 9.47. The summed E-state index contributed by atoms with van der Waals surface area (Å²) in [5, 5.41) is 14.9. The van der Waals surface area contributed by atoms with Gasteiger partial charge in [0.05, 0.1) is 5.60 Å². The largest absolute Gasteiger partial charge is 0.388 e. The van der Waals surface area contributed by atoms with Crippen molar-refractivity contribution in [2.45, 2.75) is 70.4 Å². The first kappa shape index (κ1) is 21.6. The molecule has 4 aliphatic rings. The van der Waals surface area contributed by atoms with Gasteiger partial charge in [-0.3, -0.25) is 4.98 Å². The average Bonchev–Trinajstić information content (AvgIpc) is 3.09. The predicted molar refractivity (Wildman–Crippen MR) is 136 cm³/mol. The molecule has 0 radical (unpaired) electrons. The van der Waals surface area contributed by atoms with Crippen LogP contribution in [0, 0.1) is 22.7 Å². The number of aromatic nitrogens is 1. The van der Waals surface area contributed by atoms with Gasteiger partial charge in [-0.05, 0) is 105 Å². The minimum atomic E-state index is -0.654. The summed E-state index contributed by atoms with van der Waals surface area (Å²) in [7, 11) is 4.45. The van der Waals surface area contributed by atoms with Crippen molar-refractivity contribution >= 4 is 16.3 Å². The van der Waals surface area contributed by atoms with E-state index in [1.807, 2.05) is 12.4 Å². The molecule has 0 saturated heterocycles. The fraction of sp³-hybridized carbons (Fsp3) is 0.567. The van der Waals surface area contributed by atoms with E-state index in [-0.39, 0.29) is 10.8 Å². The van der Waals surface area contributed by atoms with Gasteiger partial charge in [-0.15, -0.1) is 0 Å². The molecule has 6 atom stereocenters. The van der Waals surface area contributed by atoms with Crippen LogP contribution in [0.4, 0.5) is 0 Å². The lowest BCUT2D eigenvalue weighted by Crippen LogP contribution is -2.60. The normalized spacial score (nSPS) is 40.1. The highest BCUT2D eigenvalue weighted by Crippen LogP contribution is 2.68. The van der Waals surface area contributed by atoms with Gasteiger partial charge in [-0.1, -0.05) is 43.7 Å². The van der Waals surface area contributed by atoms with Crippen LogP contribution < -0.4 is 0 Å². The van der Waals surface area contributed by atoms with Crippen LogP contribution in [0.15, 0.2) is 54.4 Å². The van der Waals surface area contributed by atoms with E-state index in [4.69, 9.17) is 0 Å². The molecule has 1 heterocycles. The Kier molecular flexibility index (Phi) is 4.74. The van der Waals surface area contributed by atoms with Crippen LogP contribution in [0.2, 0.25) is 0 Å². The lowest BCUT2D eigenvalue weighted by atomic mass is 9.45. The second-order valence-electron chi connectivity index (χ2n) is 12.0. The Labute approximate surface area is 198 Å². The SMILES string of the molecule is CN(C)[C@H]1CC[C@@]2(C)C(=CC[C@@H]3C2CC[C@]2(C)C(c4ccc5ccncc5c4)=CC[C@@]32O)C1. The van der Waals surface area contributed by atoms with Gasteiger partial charge < -0.3 is 10.0 Å². The Morgan fingerprint density at radius 3 is 2.67 bits per heavy atom. The molecule has 2 aromatic rings. The monoisotopic (exact) mass is 442 g/mol. The Morgan fingerprint density at radius 2 is 1.85 bits per heavy atom. The molecule has 2 fully saturated rings. The highest BCUT2D eigenvalue weighted by atomic mass is 16.3. The van der Waals surface area contributed by atoms with Crippen molar-refractivity contribution in [3.8, 4) is 0 Å². The van der Waals surface area contributed by atoms with Gasteiger partial charge in [-0.25, -0.2) is 0 Å². The topological polar surface area (TPSA) is 36.4 Å². The number of pyridine rings is 1. The van der Waals surface area contributed by atoms with Crippen LogP contribution in [0.25, 0.3) is 16.3 Å². The zero-order valence-electron chi connectivity index (χ0n) is 20.6. The number of allylic oxidation sites excluding steroid dienone is 1. The molecule has 0 spiro atoms. The van der Waals surface area contributed by atoms with E-state index >= 15 is 0 Å². The number of hydrogen-bond acceptors (Lipinski definition) is 3. The van der Waals surface area contributed by atoms with Gasteiger partial charge in [-0.2, -0.15) is 0 Å². The average molecular weight is 443 g/mol. The van der Waals surface area contributed by atoms with Crippen molar-refractivity contribution in [2.75, 3.05) is 14.1 Å².